The Hall–Kier alpha value is -2.66. The molecule has 3 amide bonds. The number of imide groups is 1. The van der Waals surface area contributed by atoms with E-state index in [4.69, 9.17) is 11.6 Å². The Bertz CT molecular complexity index is 802. The summed E-state index contributed by atoms with van der Waals surface area (Å²) in [5.41, 5.74) is 2.26. The fraction of sp³-hybridized carbons (Fsp3) is 0.211. The molecule has 1 heterocycles. The molecule has 0 atom stereocenters. The van der Waals surface area contributed by atoms with Gasteiger partial charge >= 0.3 is 0 Å². The minimum absolute atomic E-state index is 0.137. The van der Waals surface area contributed by atoms with Gasteiger partial charge in [-0.25, -0.2) is 0 Å². The molecule has 0 aliphatic carbocycles. The Kier molecular flexibility index (Phi) is 5.14. The maximum Gasteiger partial charge on any atom is 0.229 e. The lowest BCUT2D eigenvalue weighted by atomic mass is 10.1. The van der Waals surface area contributed by atoms with Crippen molar-refractivity contribution in [2.24, 2.45) is 0 Å². The molecule has 3 rings (SSSR count). The molecule has 2 aromatic rings. The Morgan fingerprint density at radius 1 is 1.00 bits per heavy atom. The number of nitrogens with one attached hydrogen (secondary N) is 1. The predicted octanol–water partition coefficient (Wildman–Crippen LogP) is 3.17. The predicted molar refractivity (Wildman–Crippen MR) is 95.0 cm³/mol. The molecular weight excluding hydrogens is 340 g/mol. The number of carbonyl (C=O) groups excluding carboxylic acids is 3. The third-order valence-corrected chi connectivity index (χ3v) is 4.41. The van der Waals surface area contributed by atoms with Crippen LogP contribution in [0.25, 0.3) is 0 Å². The Balaban J connectivity index is 1.59. The second-order valence-corrected chi connectivity index (χ2v) is 6.29. The minimum atomic E-state index is -0.161. The van der Waals surface area contributed by atoms with Gasteiger partial charge in [0.05, 0.1) is 13.0 Å². The van der Waals surface area contributed by atoms with E-state index in [0.717, 1.165) is 11.1 Å². The van der Waals surface area contributed by atoms with E-state index in [9.17, 15) is 14.4 Å². The molecule has 2 aromatic carbocycles. The molecule has 1 aliphatic rings. The molecule has 1 aliphatic heterocycles. The van der Waals surface area contributed by atoms with E-state index in [1.807, 2.05) is 18.2 Å². The topological polar surface area (TPSA) is 66.5 Å². The van der Waals surface area contributed by atoms with Gasteiger partial charge in [-0.2, -0.15) is 0 Å². The first-order valence-corrected chi connectivity index (χ1v) is 8.36. The van der Waals surface area contributed by atoms with Crippen LogP contribution in [0.1, 0.15) is 24.0 Å². The number of hydrogen-bond donors (Lipinski definition) is 1. The normalized spacial score (nSPS) is 14.0. The summed E-state index contributed by atoms with van der Waals surface area (Å²) < 4.78 is 0. The molecule has 1 saturated heterocycles. The summed E-state index contributed by atoms with van der Waals surface area (Å²) in [7, 11) is 0. The average molecular weight is 357 g/mol. The quantitative estimate of drug-likeness (QED) is 0.837. The van der Waals surface area contributed by atoms with Gasteiger partial charge in [-0.3, -0.25) is 19.3 Å². The molecular formula is C19H17ClN2O3. The van der Waals surface area contributed by atoms with Crippen molar-refractivity contribution in [2.45, 2.75) is 25.8 Å². The highest BCUT2D eigenvalue weighted by molar-refractivity contribution is 6.31. The summed E-state index contributed by atoms with van der Waals surface area (Å²) >= 11 is 6.06. The third-order valence-electron chi connectivity index (χ3n) is 4.04. The summed E-state index contributed by atoms with van der Waals surface area (Å²) in [6.07, 6.45) is 0.766. The van der Waals surface area contributed by atoms with E-state index in [1.165, 1.54) is 4.90 Å². The lowest BCUT2D eigenvalue weighted by molar-refractivity contribution is -0.139. The van der Waals surface area contributed by atoms with Crippen LogP contribution in [0.5, 0.6) is 0 Å². The van der Waals surface area contributed by atoms with Gasteiger partial charge < -0.3 is 5.32 Å². The number of nitrogens with zero attached hydrogens (tertiary/aromatic N) is 1. The number of amides is 3. The lowest BCUT2D eigenvalue weighted by Gasteiger charge is -2.14. The number of carbonyl (C=O) groups is 3. The molecule has 1 N–H and O–H groups in total. The van der Waals surface area contributed by atoms with Crippen molar-refractivity contribution in [3.63, 3.8) is 0 Å². The van der Waals surface area contributed by atoms with Crippen LogP contribution in [0.4, 0.5) is 5.69 Å². The molecule has 0 saturated carbocycles. The number of halogens is 1. The van der Waals surface area contributed by atoms with Crippen molar-refractivity contribution >= 4 is 35.0 Å². The molecule has 25 heavy (non-hydrogen) atoms. The van der Waals surface area contributed by atoms with E-state index >= 15 is 0 Å². The van der Waals surface area contributed by atoms with Crippen LogP contribution in [-0.4, -0.2) is 22.6 Å². The van der Waals surface area contributed by atoms with Gasteiger partial charge in [0.25, 0.3) is 0 Å². The minimum Gasteiger partial charge on any atom is -0.326 e. The number of likely N-dealkylation sites (tertiary alicyclic amines) is 1. The molecule has 1 fully saturated rings. The van der Waals surface area contributed by atoms with Gasteiger partial charge in [0, 0.05) is 23.6 Å². The van der Waals surface area contributed by atoms with Crippen LogP contribution in [-0.2, 0) is 27.3 Å². The third kappa shape index (κ3) is 4.25. The first-order chi connectivity index (χ1) is 12.0. The number of rotatable bonds is 5. The molecule has 0 spiro atoms. The maximum absolute atomic E-state index is 12.1. The van der Waals surface area contributed by atoms with Gasteiger partial charge in [-0.15, -0.1) is 0 Å². The summed E-state index contributed by atoms with van der Waals surface area (Å²) in [4.78, 5) is 36.7. The molecule has 5 nitrogen and oxygen atoms in total. The summed E-state index contributed by atoms with van der Waals surface area (Å²) in [6, 6.07) is 14.3. The second-order valence-electron chi connectivity index (χ2n) is 5.89. The standard InChI is InChI=1S/C19H17ClN2O3/c20-16-4-2-1-3-14(16)11-17(23)21-15-7-5-13(6-8-15)12-22-18(24)9-10-19(22)25/h1-8H,9-12H2,(H,21,23). The van der Waals surface area contributed by atoms with E-state index in [0.29, 0.717) is 10.7 Å². The number of anilines is 1. The molecule has 0 unspecified atom stereocenters. The van der Waals surface area contributed by atoms with Crippen molar-refractivity contribution < 1.29 is 14.4 Å². The highest BCUT2D eigenvalue weighted by atomic mass is 35.5. The van der Waals surface area contributed by atoms with Crippen LogP contribution in [0.15, 0.2) is 48.5 Å². The SMILES string of the molecule is O=C(Cc1ccccc1Cl)Nc1ccc(CN2C(=O)CCC2=O)cc1. The molecule has 0 aromatic heterocycles. The zero-order valence-electron chi connectivity index (χ0n) is 13.5. The van der Waals surface area contributed by atoms with Gasteiger partial charge in [-0.1, -0.05) is 41.9 Å². The van der Waals surface area contributed by atoms with Crippen molar-refractivity contribution in [3.8, 4) is 0 Å². The van der Waals surface area contributed by atoms with Crippen molar-refractivity contribution in [2.75, 3.05) is 5.32 Å². The summed E-state index contributed by atoms with van der Waals surface area (Å²) in [6.45, 7) is 0.269. The molecule has 0 bridgehead atoms. The van der Waals surface area contributed by atoms with Gasteiger partial charge in [0.15, 0.2) is 0 Å². The van der Waals surface area contributed by atoms with Crippen LogP contribution in [0, 0.1) is 0 Å². The largest absolute Gasteiger partial charge is 0.326 e. The summed E-state index contributed by atoms with van der Waals surface area (Å²) in [5.74, 6) is -0.435. The van der Waals surface area contributed by atoms with Crippen molar-refractivity contribution in [1.29, 1.82) is 0 Å². The van der Waals surface area contributed by atoms with Crippen LogP contribution in [0.2, 0.25) is 5.02 Å². The summed E-state index contributed by atoms with van der Waals surface area (Å²) in [5, 5.41) is 3.37. The van der Waals surface area contributed by atoms with Gasteiger partial charge in [0.2, 0.25) is 17.7 Å². The average Bonchev–Trinajstić information content (AvgIpc) is 2.90. The molecule has 128 valence electrons. The Morgan fingerprint density at radius 2 is 1.64 bits per heavy atom. The Labute approximate surface area is 150 Å². The van der Waals surface area contributed by atoms with E-state index in [2.05, 4.69) is 5.32 Å². The monoisotopic (exact) mass is 356 g/mol. The number of hydrogen-bond acceptors (Lipinski definition) is 3. The van der Waals surface area contributed by atoms with E-state index < -0.39 is 0 Å². The van der Waals surface area contributed by atoms with Crippen LogP contribution < -0.4 is 5.32 Å². The fourth-order valence-electron chi connectivity index (χ4n) is 2.70. The number of benzene rings is 2. The van der Waals surface area contributed by atoms with Crippen LogP contribution in [0.3, 0.4) is 0 Å². The van der Waals surface area contributed by atoms with Crippen LogP contribution >= 0.6 is 11.6 Å². The van der Waals surface area contributed by atoms with Crippen molar-refractivity contribution in [1.82, 2.24) is 4.90 Å². The first-order valence-electron chi connectivity index (χ1n) is 7.98. The first kappa shape index (κ1) is 17.2. The molecule has 6 heteroatoms. The zero-order chi connectivity index (χ0) is 17.8. The van der Waals surface area contributed by atoms with E-state index in [-0.39, 0.29) is 43.5 Å². The lowest BCUT2D eigenvalue weighted by Crippen LogP contribution is -2.28. The van der Waals surface area contributed by atoms with E-state index in [1.54, 1.807) is 30.3 Å². The Morgan fingerprint density at radius 3 is 2.28 bits per heavy atom. The zero-order valence-corrected chi connectivity index (χ0v) is 14.3. The second kappa shape index (κ2) is 7.49. The highest BCUT2D eigenvalue weighted by Crippen LogP contribution is 2.19. The maximum atomic E-state index is 12.1. The highest BCUT2D eigenvalue weighted by Gasteiger charge is 2.28. The smallest absolute Gasteiger partial charge is 0.229 e. The fourth-order valence-corrected chi connectivity index (χ4v) is 2.90. The van der Waals surface area contributed by atoms with Gasteiger partial charge in [0.1, 0.15) is 0 Å². The molecule has 0 radical (unpaired) electrons. The van der Waals surface area contributed by atoms with Crippen molar-refractivity contribution in [3.05, 3.63) is 64.7 Å². The van der Waals surface area contributed by atoms with Gasteiger partial charge in [-0.05, 0) is 29.3 Å².